The molecule has 162 valence electrons. The molecule has 4 N–H and O–H groups in total. The van der Waals surface area contributed by atoms with Crippen LogP contribution in [0.4, 0.5) is 10.5 Å². The Morgan fingerprint density at radius 2 is 1.88 bits per heavy atom. The Morgan fingerprint density at radius 1 is 1.12 bits per heavy atom. The number of hydrogen-bond donors (Lipinski definition) is 3. The van der Waals surface area contributed by atoms with Crippen molar-refractivity contribution in [3.63, 3.8) is 0 Å². The molecule has 3 aromatic rings. The van der Waals surface area contributed by atoms with Crippen LogP contribution in [0.5, 0.6) is 0 Å². The van der Waals surface area contributed by atoms with Gasteiger partial charge in [-0.05, 0) is 30.3 Å². The molecule has 0 bridgehead atoms. The van der Waals surface area contributed by atoms with Gasteiger partial charge < -0.3 is 4.42 Å². The second-order valence-electron chi connectivity index (χ2n) is 6.44. The second kappa shape index (κ2) is 8.38. The van der Waals surface area contributed by atoms with Crippen molar-refractivity contribution in [1.82, 2.24) is 15.8 Å². The number of aromatic nitrogens is 1. The van der Waals surface area contributed by atoms with Gasteiger partial charge in [-0.2, -0.15) is 5.10 Å². The van der Waals surface area contributed by atoms with Gasteiger partial charge in [-0.15, -0.1) is 0 Å². The van der Waals surface area contributed by atoms with Gasteiger partial charge in [0, 0.05) is 5.02 Å². The van der Waals surface area contributed by atoms with Gasteiger partial charge in [0.25, 0.3) is 5.91 Å². The zero-order valence-electron chi connectivity index (χ0n) is 15.8. The van der Waals surface area contributed by atoms with E-state index in [4.69, 9.17) is 33.5 Å². The topological polar surface area (TPSA) is 160 Å². The number of rotatable bonds is 3. The maximum atomic E-state index is 13.3. The minimum Gasteiger partial charge on any atom is -0.439 e. The summed E-state index contributed by atoms with van der Waals surface area (Å²) in [6.45, 7) is 0. The van der Waals surface area contributed by atoms with Crippen LogP contribution in [0.3, 0.4) is 0 Å². The van der Waals surface area contributed by atoms with Crippen LogP contribution in [0.15, 0.2) is 52.0 Å². The average Bonchev–Trinajstić information content (AvgIpc) is 3.20. The lowest BCUT2D eigenvalue weighted by molar-refractivity contribution is -0.139. The third-order valence-corrected chi connectivity index (χ3v) is 5.03. The lowest BCUT2D eigenvalue weighted by Crippen LogP contribution is -2.55. The Labute approximate surface area is 189 Å². The van der Waals surface area contributed by atoms with Crippen LogP contribution >= 0.6 is 23.2 Å². The van der Waals surface area contributed by atoms with E-state index in [1.807, 2.05) is 5.43 Å². The van der Waals surface area contributed by atoms with Crippen molar-refractivity contribution in [3.05, 3.63) is 58.4 Å². The standard InChI is InChI=1S/C19H12Cl2N6O5/c20-8-5-6-11(9(21)7-8)27-17(29)14(25-26-19(31)24-22)13(15(28)18(27)30)16-23-10-3-1-2-4-12(10)32-16/h1-7,13H,22H2,(H2,24,26,31). The van der Waals surface area contributed by atoms with E-state index in [0.717, 1.165) is 0 Å². The predicted molar refractivity (Wildman–Crippen MR) is 114 cm³/mol. The van der Waals surface area contributed by atoms with E-state index in [0.29, 0.717) is 16.0 Å². The smallest absolute Gasteiger partial charge is 0.349 e. The number of fused-ring (bicyclic) bond motifs is 1. The molecule has 1 unspecified atom stereocenters. The van der Waals surface area contributed by atoms with Gasteiger partial charge in [-0.1, -0.05) is 35.3 Å². The number of oxazole rings is 1. The third kappa shape index (κ3) is 3.68. The molecule has 0 spiro atoms. The van der Waals surface area contributed by atoms with Gasteiger partial charge in [0.2, 0.25) is 11.7 Å². The van der Waals surface area contributed by atoms with Crippen LogP contribution in [0.25, 0.3) is 11.1 Å². The van der Waals surface area contributed by atoms with Crippen LogP contribution in [0.2, 0.25) is 10.0 Å². The molecule has 1 aliphatic rings. The first-order valence-corrected chi connectivity index (χ1v) is 9.64. The van der Waals surface area contributed by atoms with E-state index < -0.39 is 35.3 Å². The molecule has 0 radical (unpaired) electrons. The van der Waals surface area contributed by atoms with E-state index in [2.05, 4.69) is 10.1 Å². The molecule has 4 amide bonds. The molecule has 2 heterocycles. The molecule has 1 aromatic heterocycles. The fraction of sp³-hybridized carbons (Fsp3) is 0.0526. The molecule has 1 atom stereocenters. The molecule has 2 aromatic carbocycles. The molecule has 13 heteroatoms. The highest BCUT2D eigenvalue weighted by molar-refractivity contribution is 6.67. The number of nitrogens with zero attached hydrogens (tertiary/aromatic N) is 3. The van der Waals surface area contributed by atoms with E-state index in [-0.39, 0.29) is 21.6 Å². The predicted octanol–water partition coefficient (Wildman–Crippen LogP) is 1.89. The van der Waals surface area contributed by atoms with E-state index in [1.165, 1.54) is 18.2 Å². The first-order chi connectivity index (χ1) is 15.3. The number of nitrogens with two attached hydrogens (primary N) is 1. The number of halogens is 2. The lowest BCUT2D eigenvalue weighted by atomic mass is 9.91. The number of para-hydroxylation sites is 2. The van der Waals surface area contributed by atoms with Gasteiger partial charge in [-0.25, -0.2) is 25.9 Å². The Morgan fingerprint density at radius 3 is 2.56 bits per heavy atom. The number of anilines is 1. The number of carbonyl (C=O) groups is 4. The van der Waals surface area contributed by atoms with Crippen molar-refractivity contribution in [2.45, 2.75) is 5.92 Å². The fourth-order valence-corrected chi connectivity index (χ4v) is 3.56. The number of Topliss-reactive ketones (excluding diaryl/α,β-unsaturated/α-hetero) is 1. The van der Waals surface area contributed by atoms with Crippen molar-refractivity contribution in [1.29, 1.82) is 0 Å². The third-order valence-electron chi connectivity index (χ3n) is 4.49. The molecule has 1 aliphatic heterocycles. The molecular weight excluding hydrogens is 463 g/mol. The molecule has 1 saturated heterocycles. The van der Waals surface area contributed by atoms with E-state index >= 15 is 0 Å². The molecule has 4 rings (SSSR count). The Hall–Kier alpha value is -3.80. The molecule has 1 fully saturated rings. The molecular formula is C19H12Cl2N6O5. The summed E-state index contributed by atoms with van der Waals surface area (Å²) < 4.78 is 5.59. The largest absolute Gasteiger partial charge is 0.439 e. The maximum Gasteiger partial charge on any atom is 0.349 e. The van der Waals surface area contributed by atoms with Gasteiger partial charge >= 0.3 is 11.9 Å². The van der Waals surface area contributed by atoms with Crippen LogP contribution in [0, 0.1) is 0 Å². The number of benzene rings is 2. The second-order valence-corrected chi connectivity index (χ2v) is 7.28. The monoisotopic (exact) mass is 474 g/mol. The number of urea groups is 1. The zero-order chi connectivity index (χ0) is 23.0. The molecule has 11 nitrogen and oxygen atoms in total. The highest BCUT2D eigenvalue weighted by Gasteiger charge is 2.50. The summed E-state index contributed by atoms with van der Waals surface area (Å²) >= 11 is 12.0. The van der Waals surface area contributed by atoms with Crippen molar-refractivity contribution >= 4 is 69.3 Å². The van der Waals surface area contributed by atoms with Crippen molar-refractivity contribution in [3.8, 4) is 0 Å². The molecule has 0 aliphatic carbocycles. The first-order valence-electron chi connectivity index (χ1n) is 8.89. The number of ketones is 1. The summed E-state index contributed by atoms with van der Waals surface area (Å²) in [4.78, 5) is 55.6. The number of hydrazone groups is 1. The molecule has 32 heavy (non-hydrogen) atoms. The van der Waals surface area contributed by atoms with Crippen molar-refractivity contribution in [2.75, 3.05) is 4.90 Å². The summed E-state index contributed by atoms with van der Waals surface area (Å²) in [7, 11) is 0. The summed E-state index contributed by atoms with van der Waals surface area (Å²) in [5.41, 5.74) is 3.84. The Bertz CT molecular complexity index is 1290. The maximum absolute atomic E-state index is 13.3. The number of hydrazine groups is 1. The summed E-state index contributed by atoms with van der Waals surface area (Å²) in [6, 6.07) is 9.61. The Balaban J connectivity index is 1.85. The highest BCUT2D eigenvalue weighted by atomic mass is 35.5. The average molecular weight is 475 g/mol. The van der Waals surface area contributed by atoms with Crippen LogP contribution in [0.1, 0.15) is 11.8 Å². The van der Waals surface area contributed by atoms with Crippen molar-refractivity contribution in [2.24, 2.45) is 10.9 Å². The summed E-state index contributed by atoms with van der Waals surface area (Å²) in [5.74, 6) is -0.123. The van der Waals surface area contributed by atoms with Crippen LogP contribution in [-0.4, -0.2) is 34.3 Å². The van der Waals surface area contributed by atoms with Gasteiger partial charge in [0.15, 0.2) is 11.5 Å². The fourth-order valence-electron chi connectivity index (χ4n) is 3.07. The van der Waals surface area contributed by atoms with E-state index in [9.17, 15) is 19.2 Å². The SMILES string of the molecule is NNC(=O)NN=C1C(=O)N(c2ccc(Cl)cc2Cl)C(=O)C(=O)C1c1nc2ccccc2o1. The Kier molecular flexibility index (Phi) is 5.61. The number of imide groups is 1. The first kappa shape index (κ1) is 21.4. The number of piperidine rings is 1. The number of amides is 4. The summed E-state index contributed by atoms with van der Waals surface area (Å²) in [5, 5.41) is 3.91. The quantitative estimate of drug-likeness (QED) is 0.171. The molecule has 0 saturated carbocycles. The minimum absolute atomic E-state index is 0.0562. The zero-order valence-corrected chi connectivity index (χ0v) is 17.3. The van der Waals surface area contributed by atoms with Gasteiger partial charge in [0.1, 0.15) is 11.2 Å². The number of nitrogens with one attached hydrogen (secondary N) is 2. The van der Waals surface area contributed by atoms with Crippen LogP contribution in [-0.2, 0) is 14.4 Å². The normalized spacial score (nSPS) is 17.8. The minimum atomic E-state index is -1.61. The van der Waals surface area contributed by atoms with Crippen molar-refractivity contribution < 1.29 is 23.6 Å². The summed E-state index contributed by atoms with van der Waals surface area (Å²) in [6.07, 6.45) is 0. The number of carbonyl (C=O) groups excluding carboxylic acids is 4. The van der Waals surface area contributed by atoms with Gasteiger partial charge in [0.05, 0.1) is 10.7 Å². The lowest BCUT2D eigenvalue weighted by Gasteiger charge is -2.29. The van der Waals surface area contributed by atoms with Crippen LogP contribution < -0.4 is 21.6 Å². The van der Waals surface area contributed by atoms with E-state index in [1.54, 1.807) is 29.7 Å². The van der Waals surface area contributed by atoms with Gasteiger partial charge in [-0.3, -0.25) is 19.8 Å². The highest BCUT2D eigenvalue weighted by Crippen LogP contribution is 2.34. The number of hydrogen-bond acceptors (Lipinski definition) is 8.